The van der Waals surface area contributed by atoms with Gasteiger partial charge in [-0.25, -0.2) is 13.1 Å². The van der Waals surface area contributed by atoms with Crippen LogP contribution >= 0.6 is 0 Å². The molecule has 0 aromatic heterocycles. The highest BCUT2D eigenvalue weighted by molar-refractivity contribution is 7.89. The summed E-state index contributed by atoms with van der Waals surface area (Å²) in [5.41, 5.74) is 0.283. The molecule has 1 fully saturated rings. The minimum Gasteiger partial charge on any atom is -0.383 e. The third-order valence-corrected chi connectivity index (χ3v) is 5.26. The Morgan fingerprint density at radius 2 is 2.04 bits per heavy atom. The van der Waals surface area contributed by atoms with E-state index in [0.29, 0.717) is 5.69 Å². The molecule has 1 aromatic carbocycles. The van der Waals surface area contributed by atoms with E-state index in [2.05, 4.69) is 4.72 Å². The number of sulfonamides is 1. The topological polar surface area (TPSA) is 102 Å². The van der Waals surface area contributed by atoms with Gasteiger partial charge in [0.05, 0.1) is 16.4 Å². The molecule has 0 amide bonds. The van der Waals surface area contributed by atoms with Crippen LogP contribution in [0.4, 0.5) is 11.4 Å². The summed E-state index contributed by atoms with van der Waals surface area (Å²) in [6, 6.07) is 3.61. The van der Waals surface area contributed by atoms with E-state index in [1.807, 2.05) is 4.90 Å². The Labute approximate surface area is 135 Å². The third kappa shape index (κ3) is 4.18. The molecule has 0 radical (unpaired) electrons. The second kappa shape index (κ2) is 7.24. The molecule has 1 aliphatic rings. The molecule has 0 bridgehead atoms. The molecule has 1 heterocycles. The van der Waals surface area contributed by atoms with Crippen molar-refractivity contribution in [3.05, 3.63) is 28.3 Å². The van der Waals surface area contributed by atoms with E-state index < -0.39 is 21.0 Å². The highest BCUT2D eigenvalue weighted by atomic mass is 32.2. The molecule has 128 valence electrons. The number of nitro benzene ring substituents is 1. The predicted molar refractivity (Wildman–Crippen MR) is 86.2 cm³/mol. The van der Waals surface area contributed by atoms with Crippen LogP contribution in [0, 0.1) is 10.1 Å². The molecule has 1 aromatic rings. The van der Waals surface area contributed by atoms with Crippen molar-refractivity contribution in [2.24, 2.45) is 0 Å². The average Bonchev–Trinajstić information content (AvgIpc) is 3.00. The van der Waals surface area contributed by atoms with E-state index in [-0.39, 0.29) is 17.2 Å². The van der Waals surface area contributed by atoms with Crippen LogP contribution in [0.3, 0.4) is 0 Å². The molecular weight excluding hydrogens is 322 g/mol. The van der Waals surface area contributed by atoms with Gasteiger partial charge in [-0.05, 0) is 31.9 Å². The van der Waals surface area contributed by atoms with Crippen LogP contribution in [0.1, 0.15) is 19.8 Å². The minimum atomic E-state index is -3.83. The number of nitro groups is 1. The van der Waals surface area contributed by atoms with Gasteiger partial charge in [-0.3, -0.25) is 10.1 Å². The van der Waals surface area contributed by atoms with Gasteiger partial charge in [-0.2, -0.15) is 0 Å². The standard InChI is InChI=1S/C14H21N3O5S/c1-11(10-22-2)15-23(20,21)12-5-6-13(14(9-12)17(18)19)16-7-3-4-8-16/h5-6,9,11,15H,3-4,7-8,10H2,1-2H3/t11-/m0/s1. The van der Waals surface area contributed by atoms with E-state index in [0.717, 1.165) is 32.0 Å². The zero-order valence-corrected chi connectivity index (χ0v) is 14.0. The van der Waals surface area contributed by atoms with Gasteiger partial charge >= 0.3 is 0 Å². The summed E-state index contributed by atoms with van der Waals surface area (Å²) in [6.45, 7) is 3.37. The van der Waals surface area contributed by atoms with Gasteiger partial charge in [-0.1, -0.05) is 0 Å². The molecule has 9 heteroatoms. The highest BCUT2D eigenvalue weighted by Gasteiger charge is 2.26. The number of hydrogen-bond acceptors (Lipinski definition) is 6. The second-order valence-corrected chi connectivity index (χ2v) is 7.29. The van der Waals surface area contributed by atoms with Gasteiger partial charge in [-0.15, -0.1) is 0 Å². The Hall–Kier alpha value is -1.71. The van der Waals surface area contributed by atoms with Crippen LogP contribution in [0.15, 0.2) is 23.1 Å². The number of benzene rings is 1. The summed E-state index contributed by atoms with van der Waals surface area (Å²) in [5.74, 6) is 0. The van der Waals surface area contributed by atoms with Crippen LogP contribution in [-0.2, 0) is 14.8 Å². The number of nitrogens with zero attached hydrogens (tertiary/aromatic N) is 2. The van der Waals surface area contributed by atoms with Crippen LogP contribution in [-0.4, -0.2) is 46.2 Å². The fourth-order valence-corrected chi connectivity index (χ4v) is 3.91. The summed E-state index contributed by atoms with van der Waals surface area (Å²) < 4.78 is 32.0. The maximum absolute atomic E-state index is 12.3. The summed E-state index contributed by atoms with van der Waals surface area (Å²) in [6.07, 6.45) is 1.96. The molecule has 0 aliphatic carbocycles. The first-order valence-electron chi connectivity index (χ1n) is 7.40. The summed E-state index contributed by atoms with van der Waals surface area (Å²) >= 11 is 0. The number of ether oxygens (including phenoxy) is 1. The zero-order chi connectivity index (χ0) is 17.0. The van der Waals surface area contributed by atoms with Crippen LogP contribution in [0.5, 0.6) is 0 Å². The Morgan fingerprint density at radius 3 is 2.61 bits per heavy atom. The molecule has 23 heavy (non-hydrogen) atoms. The average molecular weight is 343 g/mol. The number of rotatable bonds is 7. The number of anilines is 1. The molecule has 1 atom stereocenters. The normalized spacial score (nSPS) is 16.5. The van der Waals surface area contributed by atoms with Crippen molar-refractivity contribution >= 4 is 21.4 Å². The third-order valence-electron chi connectivity index (χ3n) is 3.67. The lowest BCUT2D eigenvalue weighted by molar-refractivity contribution is -0.384. The first-order valence-corrected chi connectivity index (χ1v) is 8.88. The number of nitrogens with one attached hydrogen (secondary N) is 1. The van der Waals surface area contributed by atoms with Gasteiger partial charge < -0.3 is 9.64 Å². The summed E-state index contributed by atoms with van der Waals surface area (Å²) in [4.78, 5) is 12.6. The molecule has 1 saturated heterocycles. The van der Waals surface area contributed by atoms with Crippen molar-refractivity contribution in [1.82, 2.24) is 4.72 Å². The molecule has 0 unspecified atom stereocenters. The van der Waals surface area contributed by atoms with Crippen molar-refractivity contribution in [2.45, 2.75) is 30.7 Å². The Kier molecular flexibility index (Phi) is 5.55. The van der Waals surface area contributed by atoms with Crippen molar-refractivity contribution in [1.29, 1.82) is 0 Å². The summed E-state index contributed by atoms with van der Waals surface area (Å²) in [5, 5.41) is 11.3. The highest BCUT2D eigenvalue weighted by Crippen LogP contribution is 2.32. The fourth-order valence-electron chi connectivity index (χ4n) is 2.66. The van der Waals surface area contributed by atoms with Gasteiger partial charge in [0.1, 0.15) is 5.69 Å². The molecule has 8 nitrogen and oxygen atoms in total. The lowest BCUT2D eigenvalue weighted by atomic mass is 10.2. The quantitative estimate of drug-likeness (QED) is 0.595. The van der Waals surface area contributed by atoms with Crippen molar-refractivity contribution < 1.29 is 18.1 Å². The largest absolute Gasteiger partial charge is 0.383 e. The van der Waals surface area contributed by atoms with E-state index in [9.17, 15) is 18.5 Å². The van der Waals surface area contributed by atoms with Crippen LogP contribution < -0.4 is 9.62 Å². The number of methoxy groups -OCH3 is 1. The molecule has 0 spiro atoms. The first kappa shape index (κ1) is 17.6. The Balaban J connectivity index is 2.33. The fraction of sp³-hybridized carbons (Fsp3) is 0.571. The van der Waals surface area contributed by atoms with Crippen LogP contribution in [0.2, 0.25) is 0 Å². The van der Waals surface area contributed by atoms with E-state index >= 15 is 0 Å². The summed E-state index contributed by atoms with van der Waals surface area (Å²) in [7, 11) is -2.36. The maximum atomic E-state index is 12.3. The van der Waals surface area contributed by atoms with E-state index in [1.165, 1.54) is 19.2 Å². The van der Waals surface area contributed by atoms with Gasteiger partial charge in [0, 0.05) is 32.3 Å². The predicted octanol–water partition coefficient (Wildman–Crippen LogP) is 1.51. The maximum Gasteiger partial charge on any atom is 0.293 e. The van der Waals surface area contributed by atoms with Crippen LogP contribution in [0.25, 0.3) is 0 Å². The van der Waals surface area contributed by atoms with Crippen molar-refractivity contribution in [3.63, 3.8) is 0 Å². The minimum absolute atomic E-state index is 0.116. The van der Waals surface area contributed by atoms with Crippen molar-refractivity contribution in [3.8, 4) is 0 Å². The zero-order valence-electron chi connectivity index (χ0n) is 13.2. The van der Waals surface area contributed by atoms with Gasteiger partial charge in [0.2, 0.25) is 10.0 Å². The molecular formula is C14H21N3O5S. The van der Waals surface area contributed by atoms with Gasteiger partial charge in [0.15, 0.2) is 0 Å². The molecule has 2 rings (SSSR count). The first-order chi connectivity index (χ1) is 10.8. The second-order valence-electron chi connectivity index (χ2n) is 5.58. The Bertz CT molecular complexity index is 671. The Morgan fingerprint density at radius 1 is 1.39 bits per heavy atom. The number of hydrogen-bond donors (Lipinski definition) is 1. The van der Waals surface area contributed by atoms with E-state index in [4.69, 9.17) is 4.74 Å². The monoisotopic (exact) mass is 343 g/mol. The van der Waals surface area contributed by atoms with E-state index in [1.54, 1.807) is 6.92 Å². The van der Waals surface area contributed by atoms with Gasteiger partial charge in [0.25, 0.3) is 5.69 Å². The van der Waals surface area contributed by atoms with Crippen molar-refractivity contribution in [2.75, 3.05) is 31.7 Å². The molecule has 0 saturated carbocycles. The smallest absolute Gasteiger partial charge is 0.293 e. The molecule has 1 N–H and O–H groups in total. The molecule has 1 aliphatic heterocycles. The lowest BCUT2D eigenvalue weighted by Gasteiger charge is -2.18. The SMILES string of the molecule is COC[C@H](C)NS(=O)(=O)c1ccc(N2CCCC2)c([N+](=O)[O-])c1. The lowest BCUT2D eigenvalue weighted by Crippen LogP contribution is -2.35.